The molecule has 0 atom stereocenters. The van der Waals surface area contributed by atoms with Crippen molar-refractivity contribution in [1.29, 1.82) is 0 Å². The zero-order chi connectivity index (χ0) is 19.9. The second-order valence-corrected chi connectivity index (χ2v) is 6.66. The van der Waals surface area contributed by atoms with Crippen molar-refractivity contribution in [1.82, 2.24) is 15.1 Å². The Balaban J connectivity index is 1.86. The van der Waals surface area contributed by atoms with Gasteiger partial charge in [-0.15, -0.1) is 0 Å². The van der Waals surface area contributed by atoms with E-state index < -0.39 is 0 Å². The van der Waals surface area contributed by atoms with E-state index in [-0.39, 0.29) is 17.2 Å². The van der Waals surface area contributed by atoms with Crippen molar-refractivity contribution in [3.8, 4) is 5.75 Å². The molecule has 1 heterocycles. The van der Waals surface area contributed by atoms with Crippen molar-refractivity contribution >= 4 is 16.7 Å². The highest BCUT2D eigenvalue weighted by Crippen LogP contribution is 2.15. The number of rotatable bonds is 8. The monoisotopic (exact) mass is 379 g/mol. The van der Waals surface area contributed by atoms with Crippen molar-refractivity contribution in [2.75, 3.05) is 7.11 Å². The molecule has 2 aromatic carbocycles. The van der Waals surface area contributed by atoms with Crippen molar-refractivity contribution in [2.24, 2.45) is 0 Å². The fraction of sp³-hybridized carbons (Fsp3) is 0.318. The van der Waals surface area contributed by atoms with Crippen LogP contribution in [0.25, 0.3) is 10.8 Å². The normalized spacial score (nSPS) is 10.8. The van der Waals surface area contributed by atoms with Crippen LogP contribution < -0.4 is 15.6 Å². The van der Waals surface area contributed by atoms with E-state index in [1.807, 2.05) is 30.3 Å². The molecular formula is C22H25N3O3. The van der Waals surface area contributed by atoms with Crippen LogP contribution in [0.4, 0.5) is 0 Å². The third-order valence-electron chi connectivity index (χ3n) is 4.67. The number of unbranched alkanes of at least 4 members (excludes halogenated alkanes) is 2. The van der Waals surface area contributed by atoms with Crippen molar-refractivity contribution < 1.29 is 9.53 Å². The summed E-state index contributed by atoms with van der Waals surface area (Å²) < 4.78 is 6.56. The summed E-state index contributed by atoms with van der Waals surface area (Å²) in [5.74, 6) is 0.471. The van der Waals surface area contributed by atoms with Gasteiger partial charge in [-0.1, -0.05) is 50.1 Å². The number of carbonyl (C=O) groups is 1. The van der Waals surface area contributed by atoms with Gasteiger partial charge in [0, 0.05) is 18.5 Å². The molecule has 0 fully saturated rings. The summed E-state index contributed by atoms with van der Waals surface area (Å²) in [6, 6.07) is 14.6. The molecule has 0 aliphatic rings. The van der Waals surface area contributed by atoms with Crippen LogP contribution in [0.1, 0.15) is 42.2 Å². The zero-order valence-electron chi connectivity index (χ0n) is 16.3. The van der Waals surface area contributed by atoms with E-state index >= 15 is 0 Å². The molecule has 0 saturated heterocycles. The van der Waals surface area contributed by atoms with E-state index in [0.717, 1.165) is 30.6 Å². The maximum absolute atomic E-state index is 12.8. The van der Waals surface area contributed by atoms with Crippen LogP contribution in [0.15, 0.2) is 53.3 Å². The molecule has 1 aromatic heterocycles. The molecule has 146 valence electrons. The number of nitrogens with zero attached hydrogens (tertiary/aromatic N) is 2. The van der Waals surface area contributed by atoms with E-state index in [4.69, 9.17) is 4.74 Å². The number of aryl methyl sites for hydroxylation is 1. The van der Waals surface area contributed by atoms with Gasteiger partial charge in [-0.3, -0.25) is 9.59 Å². The standard InChI is InChI=1S/C22H25N3O3/c1-3-4-7-14-25-22(27)19-9-6-5-8-18(19)20(24-25)21(26)23-15-16-10-12-17(28-2)13-11-16/h5-6,8-13H,3-4,7,14-15H2,1-2H3,(H,23,26). The quantitative estimate of drug-likeness (QED) is 0.608. The first-order chi connectivity index (χ1) is 13.6. The van der Waals surface area contributed by atoms with Crippen LogP contribution in [0, 0.1) is 0 Å². The number of benzene rings is 2. The SMILES string of the molecule is CCCCCn1nc(C(=O)NCc2ccc(OC)cc2)c2ccccc2c1=O. The lowest BCUT2D eigenvalue weighted by molar-refractivity contribution is 0.0945. The number of amides is 1. The fourth-order valence-corrected chi connectivity index (χ4v) is 3.08. The molecule has 1 N–H and O–H groups in total. The first kappa shape index (κ1) is 19.6. The highest BCUT2D eigenvalue weighted by atomic mass is 16.5. The number of aromatic nitrogens is 2. The van der Waals surface area contributed by atoms with Crippen LogP contribution in [0.3, 0.4) is 0 Å². The first-order valence-corrected chi connectivity index (χ1v) is 9.55. The molecule has 0 spiro atoms. The van der Waals surface area contributed by atoms with Crippen molar-refractivity contribution in [3.05, 3.63) is 70.1 Å². The Kier molecular flexibility index (Phi) is 6.42. The average molecular weight is 379 g/mol. The second kappa shape index (κ2) is 9.17. The highest BCUT2D eigenvalue weighted by Gasteiger charge is 2.16. The molecule has 0 radical (unpaired) electrons. The van der Waals surface area contributed by atoms with E-state index in [2.05, 4.69) is 17.3 Å². The number of hydrogen-bond donors (Lipinski definition) is 1. The number of carbonyl (C=O) groups excluding carboxylic acids is 1. The topological polar surface area (TPSA) is 73.2 Å². The Labute approximate surface area is 164 Å². The van der Waals surface area contributed by atoms with Gasteiger partial charge in [0.2, 0.25) is 0 Å². The Morgan fingerprint density at radius 3 is 2.46 bits per heavy atom. The summed E-state index contributed by atoms with van der Waals surface area (Å²) in [6.45, 7) is 2.98. The molecule has 28 heavy (non-hydrogen) atoms. The maximum atomic E-state index is 12.8. The summed E-state index contributed by atoms with van der Waals surface area (Å²) in [5, 5.41) is 8.38. The average Bonchev–Trinajstić information content (AvgIpc) is 2.74. The van der Waals surface area contributed by atoms with Crippen LogP contribution in [0.5, 0.6) is 5.75 Å². The van der Waals surface area contributed by atoms with Gasteiger partial charge in [0.05, 0.1) is 12.5 Å². The summed E-state index contributed by atoms with van der Waals surface area (Å²) in [7, 11) is 1.61. The molecule has 0 aliphatic carbocycles. The molecule has 0 saturated carbocycles. The van der Waals surface area contributed by atoms with Crippen LogP contribution in [0.2, 0.25) is 0 Å². The number of nitrogens with one attached hydrogen (secondary N) is 1. The van der Waals surface area contributed by atoms with Gasteiger partial charge in [0.25, 0.3) is 11.5 Å². The number of ether oxygens (including phenoxy) is 1. The summed E-state index contributed by atoms with van der Waals surface area (Å²) in [5.41, 5.74) is 1.08. The first-order valence-electron chi connectivity index (χ1n) is 9.55. The molecule has 0 bridgehead atoms. The van der Waals surface area contributed by atoms with Gasteiger partial charge >= 0.3 is 0 Å². The van der Waals surface area contributed by atoms with Gasteiger partial charge in [-0.25, -0.2) is 4.68 Å². The third-order valence-corrected chi connectivity index (χ3v) is 4.67. The molecular weight excluding hydrogens is 354 g/mol. The predicted molar refractivity (Wildman–Crippen MR) is 110 cm³/mol. The number of methoxy groups -OCH3 is 1. The molecule has 3 aromatic rings. The minimum Gasteiger partial charge on any atom is -0.497 e. The molecule has 6 heteroatoms. The number of fused-ring (bicyclic) bond motifs is 1. The molecule has 3 rings (SSSR count). The number of hydrogen-bond acceptors (Lipinski definition) is 4. The highest BCUT2D eigenvalue weighted by molar-refractivity contribution is 6.04. The molecule has 1 amide bonds. The van der Waals surface area contributed by atoms with Gasteiger partial charge in [-0.2, -0.15) is 5.10 Å². The van der Waals surface area contributed by atoms with E-state index in [9.17, 15) is 9.59 Å². The summed E-state index contributed by atoms with van der Waals surface area (Å²) >= 11 is 0. The van der Waals surface area contributed by atoms with Crippen LogP contribution in [-0.4, -0.2) is 22.8 Å². The van der Waals surface area contributed by atoms with E-state index in [0.29, 0.717) is 23.9 Å². The van der Waals surface area contributed by atoms with Gasteiger partial charge in [0.15, 0.2) is 5.69 Å². The zero-order valence-corrected chi connectivity index (χ0v) is 16.3. The third kappa shape index (κ3) is 4.39. The Hall–Kier alpha value is -3.15. The smallest absolute Gasteiger partial charge is 0.274 e. The Morgan fingerprint density at radius 1 is 1.07 bits per heavy atom. The van der Waals surface area contributed by atoms with Crippen molar-refractivity contribution in [3.63, 3.8) is 0 Å². The lowest BCUT2D eigenvalue weighted by Gasteiger charge is -2.11. The summed E-state index contributed by atoms with van der Waals surface area (Å²) in [6.07, 6.45) is 2.92. The minimum atomic E-state index is -0.295. The van der Waals surface area contributed by atoms with Crippen LogP contribution >= 0.6 is 0 Å². The molecule has 6 nitrogen and oxygen atoms in total. The van der Waals surface area contributed by atoms with Gasteiger partial charge < -0.3 is 10.1 Å². The molecule has 0 unspecified atom stereocenters. The second-order valence-electron chi connectivity index (χ2n) is 6.66. The van der Waals surface area contributed by atoms with E-state index in [1.165, 1.54) is 4.68 Å². The van der Waals surface area contributed by atoms with E-state index in [1.54, 1.807) is 25.3 Å². The van der Waals surface area contributed by atoms with Crippen LogP contribution in [-0.2, 0) is 13.1 Å². The molecule has 0 aliphatic heterocycles. The Morgan fingerprint density at radius 2 is 1.79 bits per heavy atom. The minimum absolute atomic E-state index is 0.154. The fourth-order valence-electron chi connectivity index (χ4n) is 3.08. The summed E-state index contributed by atoms with van der Waals surface area (Å²) in [4.78, 5) is 25.5. The lowest BCUT2D eigenvalue weighted by atomic mass is 10.1. The van der Waals surface area contributed by atoms with Crippen molar-refractivity contribution in [2.45, 2.75) is 39.3 Å². The van der Waals surface area contributed by atoms with Gasteiger partial charge in [0.1, 0.15) is 5.75 Å². The lowest BCUT2D eigenvalue weighted by Crippen LogP contribution is -2.30. The Bertz CT molecular complexity index is 1010. The maximum Gasteiger partial charge on any atom is 0.274 e. The predicted octanol–water partition coefficient (Wildman–Crippen LogP) is 3.53. The largest absolute Gasteiger partial charge is 0.497 e. The van der Waals surface area contributed by atoms with Gasteiger partial charge in [-0.05, 0) is 30.2 Å².